The molecule has 0 heterocycles. The Labute approximate surface area is 104 Å². The molecule has 0 heteroatoms. The summed E-state index contributed by atoms with van der Waals surface area (Å²) in [6, 6.07) is 0. The lowest BCUT2D eigenvalue weighted by Crippen LogP contribution is -2.22. The molecule has 0 saturated carbocycles. The van der Waals surface area contributed by atoms with E-state index in [4.69, 9.17) is 0 Å². The third-order valence-electron chi connectivity index (χ3n) is 2.34. The summed E-state index contributed by atoms with van der Waals surface area (Å²) in [5.41, 5.74) is 1.27. The van der Waals surface area contributed by atoms with E-state index in [-0.39, 0.29) is 0 Å². The first kappa shape index (κ1) is 16.0. The average Bonchev–Trinajstić information content (AvgIpc) is 1.70. The van der Waals surface area contributed by atoms with Gasteiger partial charge < -0.3 is 0 Å². The molecular formula is C16H33. The molecule has 0 rings (SSSR count). The van der Waals surface area contributed by atoms with Gasteiger partial charge in [0.15, 0.2) is 0 Å². The summed E-state index contributed by atoms with van der Waals surface area (Å²) in [6.45, 7) is 21.1. The van der Waals surface area contributed by atoms with E-state index in [1.165, 1.54) is 19.3 Å². The predicted molar refractivity (Wildman–Crippen MR) is 75.5 cm³/mol. The minimum atomic E-state index is 0.422. The first-order valence-electron chi connectivity index (χ1n) is 6.62. The van der Waals surface area contributed by atoms with Crippen molar-refractivity contribution in [3.05, 3.63) is 5.92 Å². The first-order valence-corrected chi connectivity index (χ1v) is 6.62. The van der Waals surface area contributed by atoms with Crippen molar-refractivity contribution in [2.75, 3.05) is 0 Å². The zero-order valence-electron chi connectivity index (χ0n) is 13.1. The molecule has 0 fully saturated rings. The summed E-state index contributed by atoms with van der Waals surface area (Å²) < 4.78 is 0. The van der Waals surface area contributed by atoms with Crippen molar-refractivity contribution in [3.8, 4) is 0 Å². The largest absolute Gasteiger partial charge is 0.0602 e. The van der Waals surface area contributed by atoms with Gasteiger partial charge in [-0.05, 0) is 41.4 Å². The van der Waals surface area contributed by atoms with Crippen LogP contribution in [0.15, 0.2) is 0 Å². The molecule has 0 bridgehead atoms. The maximum absolute atomic E-state index is 2.35. The highest BCUT2D eigenvalue weighted by molar-refractivity contribution is 4.99. The van der Waals surface area contributed by atoms with E-state index in [1.807, 2.05) is 0 Å². The second-order valence-corrected chi connectivity index (χ2v) is 8.96. The summed E-state index contributed by atoms with van der Waals surface area (Å²) in [4.78, 5) is 0. The van der Waals surface area contributed by atoms with Crippen LogP contribution in [0.3, 0.4) is 0 Å². The molecule has 0 spiro atoms. The molecule has 97 valence electrons. The van der Waals surface area contributed by atoms with Crippen molar-refractivity contribution in [2.24, 2.45) is 16.2 Å². The van der Waals surface area contributed by atoms with Gasteiger partial charge in [0.05, 0.1) is 0 Å². The molecule has 1 radical (unpaired) electrons. The molecule has 0 N–H and O–H groups in total. The van der Waals surface area contributed by atoms with E-state index in [0.29, 0.717) is 16.2 Å². The first-order chi connectivity index (χ1) is 6.79. The van der Waals surface area contributed by atoms with Crippen LogP contribution < -0.4 is 0 Å². The molecule has 0 aliphatic rings. The van der Waals surface area contributed by atoms with E-state index in [1.54, 1.807) is 5.92 Å². The fourth-order valence-corrected chi connectivity index (χ4v) is 2.44. The highest BCUT2D eigenvalue weighted by atomic mass is 14.3. The van der Waals surface area contributed by atoms with Crippen LogP contribution in [-0.4, -0.2) is 0 Å². The van der Waals surface area contributed by atoms with Crippen LogP contribution >= 0.6 is 0 Å². The van der Waals surface area contributed by atoms with E-state index < -0.39 is 0 Å². The van der Waals surface area contributed by atoms with Crippen LogP contribution in [0.25, 0.3) is 0 Å². The highest BCUT2D eigenvalue weighted by Gasteiger charge is 2.27. The molecule has 0 amide bonds. The number of hydrogen-bond donors (Lipinski definition) is 0. The summed E-state index contributed by atoms with van der Waals surface area (Å²) >= 11 is 0. The Bertz CT molecular complexity index is 154. The van der Waals surface area contributed by atoms with Crippen LogP contribution in [0.1, 0.15) is 81.6 Å². The van der Waals surface area contributed by atoms with Crippen molar-refractivity contribution in [2.45, 2.75) is 81.6 Å². The van der Waals surface area contributed by atoms with Crippen molar-refractivity contribution in [1.82, 2.24) is 0 Å². The minimum Gasteiger partial charge on any atom is -0.0602 e. The minimum absolute atomic E-state index is 0.422. The molecule has 0 atom stereocenters. The normalized spacial score (nSPS) is 14.6. The van der Waals surface area contributed by atoms with Gasteiger partial charge in [0, 0.05) is 0 Å². The lowest BCUT2D eigenvalue weighted by atomic mass is 9.71. The summed E-state index contributed by atoms with van der Waals surface area (Å²) in [6.07, 6.45) is 3.80. The van der Waals surface area contributed by atoms with Gasteiger partial charge in [-0.1, -0.05) is 62.3 Å². The Balaban J connectivity index is 4.53. The van der Waals surface area contributed by atoms with Crippen molar-refractivity contribution >= 4 is 0 Å². The van der Waals surface area contributed by atoms with Gasteiger partial charge in [0.1, 0.15) is 0 Å². The van der Waals surface area contributed by atoms with Crippen molar-refractivity contribution in [1.29, 1.82) is 0 Å². The van der Waals surface area contributed by atoms with E-state index in [2.05, 4.69) is 62.3 Å². The standard InChI is InChI=1S/C16H33/c1-14(2,3)10-13(11-15(4,5)6)12-16(7,8)9/h10-12H2,1-9H3. The zero-order chi connectivity index (χ0) is 13.2. The Morgan fingerprint density at radius 2 is 0.688 bits per heavy atom. The van der Waals surface area contributed by atoms with Gasteiger partial charge in [-0.25, -0.2) is 0 Å². The molecule has 0 aromatic heterocycles. The smallest absolute Gasteiger partial charge is 0.0225 e. The molecule has 0 aromatic carbocycles. The Morgan fingerprint density at radius 3 is 0.812 bits per heavy atom. The van der Waals surface area contributed by atoms with Crippen LogP contribution in [0, 0.1) is 22.2 Å². The molecule has 0 saturated heterocycles. The van der Waals surface area contributed by atoms with Crippen molar-refractivity contribution in [3.63, 3.8) is 0 Å². The maximum Gasteiger partial charge on any atom is -0.0225 e. The SMILES string of the molecule is CC(C)(C)C[C](CC(C)(C)C)CC(C)(C)C. The Kier molecular flexibility index (Phi) is 5.10. The summed E-state index contributed by atoms with van der Waals surface area (Å²) in [5.74, 6) is 1.74. The monoisotopic (exact) mass is 225 g/mol. The lowest BCUT2D eigenvalue weighted by molar-refractivity contribution is 0.273. The van der Waals surface area contributed by atoms with Gasteiger partial charge in [0.2, 0.25) is 0 Å². The fourth-order valence-electron chi connectivity index (χ4n) is 2.44. The lowest BCUT2D eigenvalue weighted by Gasteiger charge is -2.34. The average molecular weight is 225 g/mol. The summed E-state index contributed by atoms with van der Waals surface area (Å²) in [5, 5.41) is 0. The molecule has 0 nitrogen and oxygen atoms in total. The molecule has 0 unspecified atom stereocenters. The third-order valence-corrected chi connectivity index (χ3v) is 2.34. The summed E-state index contributed by atoms with van der Waals surface area (Å²) in [7, 11) is 0. The number of rotatable bonds is 3. The Morgan fingerprint density at radius 1 is 0.500 bits per heavy atom. The molecule has 0 aliphatic carbocycles. The van der Waals surface area contributed by atoms with Crippen LogP contribution in [0.2, 0.25) is 0 Å². The molecule has 16 heavy (non-hydrogen) atoms. The molecular weight excluding hydrogens is 192 g/mol. The van der Waals surface area contributed by atoms with Crippen LogP contribution in [0.4, 0.5) is 0 Å². The van der Waals surface area contributed by atoms with Gasteiger partial charge in [-0.3, -0.25) is 0 Å². The van der Waals surface area contributed by atoms with Gasteiger partial charge in [-0.15, -0.1) is 0 Å². The van der Waals surface area contributed by atoms with Crippen LogP contribution in [0.5, 0.6) is 0 Å². The molecule has 0 aromatic rings. The van der Waals surface area contributed by atoms with E-state index >= 15 is 0 Å². The maximum atomic E-state index is 2.35. The van der Waals surface area contributed by atoms with Gasteiger partial charge >= 0.3 is 0 Å². The zero-order valence-corrected chi connectivity index (χ0v) is 13.1. The van der Waals surface area contributed by atoms with Gasteiger partial charge in [0.25, 0.3) is 0 Å². The quantitative estimate of drug-likeness (QED) is 0.563. The topological polar surface area (TPSA) is 0 Å². The van der Waals surface area contributed by atoms with E-state index in [0.717, 1.165) is 0 Å². The number of hydrogen-bond acceptors (Lipinski definition) is 0. The van der Waals surface area contributed by atoms with Crippen LogP contribution in [-0.2, 0) is 0 Å². The molecule has 0 aliphatic heterocycles. The predicted octanol–water partition coefficient (Wildman–Crippen LogP) is 5.87. The second kappa shape index (κ2) is 5.10. The van der Waals surface area contributed by atoms with Gasteiger partial charge in [-0.2, -0.15) is 0 Å². The van der Waals surface area contributed by atoms with E-state index in [9.17, 15) is 0 Å². The third kappa shape index (κ3) is 10.5. The second-order valence-electron chi connectivity index (χ2n) is 8.96. The van der Waals surface area contributed by atoms with Crippen molar-refractivity contribution < 1.29 is 0 Å². The fraction of sp³-hybridized carbons (Fsp3) is 0.938. The highest BCUT2D eigenvalue weighted by Crippen LogP contribution is 2.40. The Hall–Kier alpha value is 0.